The molecule has 1 amide bonds. The average Bonchev–Trinajstić information content (AvgIpc) is 2.92. The molecule has 19 heavy (non-hydrogen) atoms. The van der Waals surface area contributed by atoms with E-state index in [1.807, 2.05) is 13.0 Å². The van der Waals surface area contributed by atoms with Gasteiger partial charge in [-0.15, -0.1) is 0 Å². The number of hydrogen-bond acceptors (Lipinski definition) is 4. The van der Waals surface area contributed by atoms with E-state index in [1.54, 1.807) is 37.6 Å². The van der Waals surface area contributed by atoms with Crippen LogP contribution in [0.5, 0.6) is 5.75 Å². The molecule has 0 bridgehead atoms. The summed E-state index contributed by atoms with van der Waals surface area (Å²) in [6.07, 6.45) is 1.57. The maximum atomic E-state index is 12.1. The van der Waals surface area contributed by atoms with Crippen LogP contribution in [0.2, 0.25) is 0 Å². The predicted molar refractivity (Wildman–Crippen MR) is 72.0 cm³/mol. The summed E-state index contributed by atoms with van der Waals surface area (Å²) in [6, 6.07) is 8.32. The largest absolute Gasteiger partial charge is 0.497 e. The Morgan fingerprint density at radius 1 is 1.42 bits per heavy atom. The normalized spacial score (nSPS) is 11.9. The summed E-state index contributed by atoms with van der Waals surface area (Å²) in [5, 5.41) is 2.82. The Morgan fingerprint density at radius 3 is 2.79 bits per heavy atom. The molecule has 3 N–H and O–H groups in total. The van der Waals surface area contributed by atoms with E-state index in [0.29, 0.717) is 22.8 Å². The minimum atomic E-state index is -0.246. The first-order chi connectivity index (χ1) is 9.11. The molecule has 2 aromatic rings. The van der Waals surface area contributed by atoms with Crippen LogP contribution in [0.25, 0.3) is 0 Å². The molecule has 0 fully saturated rings. The number of nitrogens with one attached hydrogen (secondary N) is 1. The summed E-state index contributed by atoms with van der Waals surface area (Å²) in [5.74, 6) is 1.07. The Bertz CT molecular complexity index is 564. The molecule has 0 spiro atoms. The summed E-state index contributed by atoms with van der Waals surface area (Å²) < 4.78 is 10.3. The molecule has 1 aromatic heterocycles. The molecule has 0 saturated heterocycles. The number of benzene rings is 1. The number of anilines is 1. The molecule has 0 aliphatic heterocycles. The van der Waals surface area contributed by atoms with Crippen molar-refractivity contribution in [3.63, 3.8) is 0 Å². The van der Waals surface area contributed by atoms with Crippen molar-refractivity contribution in [1.29, 1.82) is 0 Å². The van der Waals surface area contributed by atoms with Crippen molar-refractivity contribution in [3.8, 4) is 5.75 Å². The molecule has 5 heteroatoms. The molecule has 2 rings (SSSR count). The van der Waals surface area contributed by atoms with E-state index in [2.05, 4.69) is 5.32 Å². The van der Waals surface area contributed by atoms with Gasteiger partial charge in [-0.25, -0.2) is 0 Å². The van der Waals surface area contributed by atoms with Gasteiger partial charge in [-0.2, -0.15) is 0 Å². The van der Waals surface area contributed by atoms with E-state index in [4.69, 9.17) is 14.9 Å². The molecule has 0 aliphatic carbocycles. The summed E-state index contributed by atoms with van der Waals surface area (Å²) in [5.41, 5.74) is 6.62. The van der Waals surface area contributed by atoms with Gasteiger partial charge in [0, 0.05) is 11.8 Å². The number of rotatable bonds is 4. The lowest BCUT2D eigenvalue weighted by molar-refractivity contribution is 0.0936. The van der Waals surface area contributed by atoms with E-state index >= 15 is 0 Å². The predicted octanol–water partition coefficient (Wildman–Crippen LogP) is 2.36. The Balaban J connectivity index is 2.12. The lowest BCUT2D eigenvalue weighted by Gasteiger charge is -2.13. The number of nitrogen functional groups attached to an aromatic ring is 1. The van der Waals surface area contributed by atoms with Crippen molar-refractivity contribution >= 4 is 11.6 Å². The zero-order valence-corrected chi connectivity index (χ0v) is 10.8. The highest BCUT2D eigenvalue weighted by molar-refractivity contribution is 5.99. The van der Waals surface area contributed by atoms with Crippen molar-refractivity contribution in [2.24, 2.45) is 0 Å². The zero-order valence-electron chi connectivity index (χ0n) is 10.8. The minimum Gasteiger partial charge on any atom is -0.497 e. The van der Waals surface area contributed by atoms with Crippen LogP contribution >= 0.6 is 0 Å². The van der Waals surface area contributed by atoms with Crippen LogP contribution in [0.4, 0.5) is 5.69 Å². The summed E-state index contributed by atoms with van der Waals surface area (Å²) in [7, 11) is 1.55. The van der Waals surface area contributed by atoms with Gasteiger partial charge >= 0.3 is 0 Å². The van der Waals surface area contributed by atoms with Crippen LogP contribution in [0.1, 0.15) is 29.1 Å². The number of hydrogen-bond donors (Lipinski definition) is 2. The molecule has 1 aromatic carbocycles. The first kappa shape index (κ1) is 13.0. The molecule has 1 heterocycles. The number of ether oxygens (including phenoxy) is 1. The van der Waals surface area contributed by atoms with Crippen LogP contribution < -0.4 is 15.8 Å². The van der Waals surface area contributed by atoms with Crippen molar-refractivity contribution in [1.82, 2.24) is 5.32 Å². The van der Waals surface area contributed by atoms with Gasteiger partial charge in [-0.1, -0.05) is 0 Å². The fourth-order valence-corrected chi connectivity index (χ4v) is 1.76. The highest BCUT2D eigenvalue weighted by Crippen LogP contribution is 2.21. The van der Waals surface area contributed by atoms with Crippen molar-refractivity contribution in [3.05, 3.63) is 47.9 Å². The van der Waals surface area contributed by atoms with E-state index in [0.717, 1.165) is 0 Å². The molecule has 100 valence electrons. The third-order valence-corrected chi connectivity index (χ3v) is 2.82. The first-order valence-electron chi connectivity index (χ1n) is 5.89. The second kappa shape index (κ2) is 5.48. The monoisotopic (exact) mass is 260 g/mol. The van der Waals surface area contributed by atoms with Crippen molar-refractivity contribution in [2.45, 2.75) is 13.0 Å². The number of carbonyl (C=O) groups excluding carboxylic acids is 1. The molecular weight excluding hydrogens is 244 g/mol. The fourth-order valence-electron chi connectivity index (χ4n) is 1.76. The van der Waals surface area contributed by atoms with Gasteiger partial charge in [0.2, 0.25) is 0 Å². The van der Waals surface area contributed by atoms with Crippen LogP contribution in [-0.4, -0.2) is 13.0 Å². The van der Waals surface area contributed by atoms with Crippen molar-refractivity contribution in [2.75, 3.05) is 12.8 Å². The lowest BCUT2D eigenvalue weighted by atomic mass is 10.1. The van der Waals surface area contributed by atoms with E-state index in [9.17, 15) is 4.79 Å². The quantitative estimate of drug-likeness (QED) is 0.827. The Labute approximate surface area is 111 Å². The Hall–Kier alpha value is -2.43. The smallest absolute Gasteiger partial charge is 0.253 e. The van der Waals surface area contributed by atoms with Crippen LogP contribution in [-0.2, 0) is 0 Å². The highest BCUT2D eigenvalue weighted by Gasteiger charge is 2.15. The average molecular weight is 260 g/mol. The second-order valence-corrected chi connectivity index (χ2v) is 4.16. The fraction of sp³-hybridized carbons (Fsp3) is 0.214. The zero-order chi connectivity index (χ0) is 13.8. The summed E-state index contributed by atoms with van der Waals surface area (Å²) in [6.45, 7) is 1.84. The van der Waals surface area contributed by atoms with Crippen LogP contribution in [0.3, 0.4) is 0 Å². The van der Waals surface area contributed by atoms with Gasteiger partial charge in [-0.3, -0.25) is 4.79 Å². The highest BCUT2D eigenvalue weighted by atomic mass is 16.5. The molecule has 0 aliphatic rings. The third-order valence-electron chi connectivity index (χ3n) is 2.82. The Kier molecular flexibility index (Phi) is 3.75. The first-order valence-corrected chi connectivity index (χ1v) is 5.89. The Morgan fingerprint density at radius 2 is 2.21 bits per heavy atom. The van der Waals surface area contributed by atoms with E-state index in [1.165, 1.54) is 0 Å². The topological polar surface area (TPSA) is 77.5 Å². The van der Waals surface area contributed by atoms with Gasteiger partial charge in [0.1, 0.15) is 11.5 Å². The standard InChI is InChI=1S/C14H16N2O3/c1-9(13-4-3-7-19-13)16-14(17)11-6-5-10(18-2)8-12(11)15/h3-9H,15H2,1-2H3,(H,16,17)/t9-/m0/s1. The molecule has 5 nitrogen and oxygen atoms in total. The maximum absolute atomic E-state index is 12.1. The number of methoxy groups -OCH3 is 1. The number of furan rings is 1. The minimum absolute atomic E-state index is 0.219. The summed E-state index contributed by atoms with van der Waals surface area (Å²) in [4.78, 5) is 12.1. The molecule has 0 saturated carbocycles. The molecule has 0 unspecified atom stereocenters. The number of carbonyl (C=O) groups is 1. The van der Waals surface area contributed by atoms with Crippen molar-refractivity contribution < 1.29 is 13.9 Å². The van der Waals surface area contributed by atoms with E-state index in [-0.39, 0.29) is 11.9 Å². The number of nitrogens with two attached hydrogens (primary N) is 1. The molecular formula is C14H16N2O3. The number of amides is 1. The van der Waals surface area contributed by atoms with Crippen LogP contribution in [0, 0.1) is 0 Å². The SMILES string of the molecule is COc1ccc(C(=O)N[C@@H](C)c2ccco2)c(N)c1. The van der Waals surface area contributed by atoms with Gasteiger partial charge in [0.25, 0.3) is 5.91 Å². The van der Waals surface area contributed by atoms with E-state index < -0.39 is 0 Å². The maximum Gasteiger partial charge on any atom is 0.253 e. The third kappa shape index (κ3) is 2.88. The lowest BCUT2D eigenvalue weighted by Crippen LogP contribution is -2.27. The van der Waals surface area contributed by atoms with Gasteiger partial charge in [-0.05, 0) is 31.2 Å². The summed E-state index contributed by atoms with van der Waals surface area (Å²) >= 11 is 0. The van der Waals surface area contributed by atoms with Gasteiger partial charge < -0.3 is 20.2 Å². The second-order valence-electron chi connectivity index (χ2n) is 4.16. The van der Waals surface area contributed by atoms with Crippen LogP contribution in [0.15, 0.2) is 41.0 Å². The van der Waals surface area contributed by atoms with Gasteiger partial charge in [0.05, 0.1) is 25.0 Å². The van der Waals surface area contributed by atoms with Gasteiger partial charge in [0.15, 0.2) is 0 Å². The molecule has 0 radical (unpaired) electrons. The molecule has 1 atom stereocenters.